The van der Waals surface area contributed by atoms with Gasteiger partial charge in [-0.3, -0.25) is 0 Å². The van der Waals surface area contributed by atoms with E-state index in [-0.39, 0.29) is 12.1 Å². The maximum absolute atomic E-state index is 12.8. The molecular formula is C18H18F3NO2. The van der Waals surface area contributed by atoms with Crippen molar-refractivity contribution in [2.75, 3.05) is 0 Å². The molecule has 0 radical (unpaired) electrons. The largest absolute Gasteiger partial charge is 0.439 e. The molecule has 0 heterocycles. The Hall–Kier alpha value is -2.50. The van der Waals surface area contributed by atoms with Crippen LogP contribution >= 0.6 is 0 Å². The standard InChI is InChI=1S/C18H18F3NO2/c1-17(2,14-9-6-10-15(11-14)18(19,20)21)24-16(23)22-12-13-7-4-3-5-8-13/h3-11H,12H2,1-2H3,(H,22,23). The second-order valence-corrected chi connectivity index (χ2v) is 5.82. The summed E-state index contributed by atoms with van der Waals surface area (Å²) >= 11 is 0. The van der Waals surface area contributed by atoms with Gasteiger partial charge in [-0.1, -0.05) is 42.5 Å². The number of halogens is 3. The number of hydrogen-bond donors (Lipinski definition) is 1. The third-order valence-electron chi connectivity index (χ3n) is 3.51. The summed E-state index contributed by atoms with van der Waals surface area (Å²) in [5.41, 5.74) is -0.804. The number of ether oxygens (including phenoxy) is 1. The Kier molecular flexibility index (Phi) is 5.17. The number of alkyl carbamates (subject to hydrolysis) is 1. The molecule has 0 aromatic heterocycles. The molecule has 0 fully saturated rings. The molecule has 2 aromatic carbocycles. The number of nitrogens with one attached hydrogen (secondary N) is 1. The van der Waals surface area contributed by atoms with E-state index < -0.39 is 23.4 Å². The van der Waals surface area contributed by atoms with E-state index in [1.165, 1.54) is 12.1 Å². The van der Waals surface area contributed by atoms with Crippen molar-refractivity contribution in [1.82, 2.24) is 5.32 Å². The van der Waals surface area contributed by atoms with Gasteiger partial charge in [0.25, 0.3) is 0 Å². The summed E-state index contributed by atoms with van der Waals surface area (Å²) in [7, 11) is 0. The summed E-state index contributed by atoms with van der Waals surface area (Å²) in [5, 5.41) is 2.59. The van der Waals surface area contributed by atoms with Crippen molar-refractivity contribution in [3.8, 4) is 0 Å². The van der Waals surface area contributed by atoms with Crippen molar-refractivity contribution < 1.29 is 22.7 Å². The van der Waals surface area contributed by atoms with Crippen LogP contribution in [0.2, 0.25) is 0 Å². The molecule has 3 nitrogen and oxygen atoms in total. The summed E-state index contributed by atoms with van der Waals surface area (Å²) in [6, 6.07) is 14.0. The van der Waals surface area contributed by atoms with Crippen LogP contribution in [0.3, 0.4) is 0 Å². The lowest BCUT2D eigenvalue weighted by molar-refractivity contribution is -0.137. The summed E-state index contributed by atoms with van der Waals surface area (Å²) in [4.78, 5) is 11.9. The van der Waals surface area contributed by atoms with E-state index in [0.717, 1.165) is 17.7 Å². The first-order chi connectivity index (χ1) is 11.2. The van der Waals surface area contributed by atoms with E-state index in [4.69, 9.17) is 4.74 Å². The van der Waals surface area contributed by atoms with Crippen LogP contribution < -0.4 is 5.32 Å². The summed E-state index contributed by atoms with van der Waals surface area (Å²) in [5.74, 6) is 0. The van der Waals surface area contributed by atoms with Gasteiger partial charge < -0.3 is 10.1 Å². The fraction of sp³-hybridized carbons (Fsp3) is 0.278. The van der Waals surface area contributed by atoms with Crippen molar-refractivity contribution in [3.63, 3.8) is 0 Å². The lowest BCUT2D eigenvalue weighted by atomic mass is 9.96. The van der Waals surface area contributed by atoms with Gasteiger partial charge >= 0.3 is 12.3 Å². The van der Waals surface area contributed by atoms with Gasteiger partial charge in [-0.2, -0.15) is 13.2 Å². The first-order valence-corrected chi connectivity index (χ1v) is 7.37. The molecule has 1 amide bonds. The Bertz CT molecular complexity index is 697. The highest BCUT2D eigenvalue weighted by atomic mass is 19.4. The van der Waals surface area contributed by atoms with Crippen molar-refractivity contribution in [3.05, 3.63) is 71.3 Å². The molecule has 128 valence electrons. The lowest BCUT2D eigenvalue weighted by Crippen LogP contribution is -2.33. The van der Waals surface area contributed by atoms with Gasteiger partial charge in [-0.25, -0.2) is 4.79 Å². The van der Waals surface area contributed by atoms with Crippen LogP contribution in [0.25, 0.3) is 0 Å². The first kappa shape index (κ1) is 17.8. The summed E-state index contributed by atoms with van der Waals surface area (Å²) < 4.78 is 43.7. The first-order valence-electron chi connectivity index (χ1n) is 7.37. The quantitative estimate of drug-likeness (QED) is 0.865. The van der Waals surface area contributed by atoms with Crippen LogP contribution in [0.1, 0.15) is 30.5 Å². The smallest absolute Gasteiger partial charge is 0.416 e. The van der Waals surface area contributed by atoms with Crippen LogP contribution in [-0.4, -0.2) is 6.09 Å². The van der Waals surface area contributed by atoms with E-state index in [9.17, 15) is 18.0 Å². The monoisotopic (exact) mass is 337 g/mol. The second-order valence-electron chi connectivity index (χ2n) is 5.82. The Morgan fingerprint density at radius 1 is 1.00 bits per heavy atom. The summed E-state index contributed by atoms with van der Waals surface area (Å²) in [6.45, 7) is 3.37. The van der Waals surface area contributed by atoms with Crippen LogP contribution in [0.5, 0.6) is 0 Å². The minimum Gasteiger partial charge on any atom is -0.439 e. The normalized spacial score (nSPS) is 11.9. The minimum absolute atomic E-state index is 0.271. The van der Waals surface area contributed by atoms with Gasteiger partial charge in [0.15, 0.2) is 0 Å². The molecule has 24 heavy (non-hydrogen) atoms. The molecule has 0 unspecified atom stereocenters. The van der Waals surface area contributed by atoms with Crippen LogP contribution in [-0.2, 0) is 23.1 Å². The van der Waals surface area contributed by atoms with Gasteiger partial charge in [0.2, 0.25) is 0 Å². The molecule has 1 N–H and O–H groups in total. The lowest BCUT2D eigenvalue weighted by Gasteiger charge is -2.26. The average molecular weight is 337 g/mol. The van der Waals surface area contributed by atoms with Crippen molar-refractivity contribution >= 4 is 6.09 Å². The number of carbonyl (C=O) groups excluding carboxylic acids is 1. The number of hydrogen-bond acceptors (Lipinski definition) is 2. The number of alkyl halides is 3. The number of rotatable bonds is 4. The highest BCUT2D eigenvalue weighted by Gasteiger charge is 2.33. The second kappa shape index (κ2) is 6.95. The number of amides is 1. The van der Waals surface area contributed by atoms with Crippen molar-refractivity contribution in [1.29, 1.82) is 0 Å². The topological polar surface area (TPSA) is 38.3 Å². The fourth-order valence-corrected chi connectivity index (χ4v) is 2.17. The fourth-order valence-electron chi connectivity index (χ4n) is 2.17. The zero-order valence-corrected chi connectivity index (χ0v) is 13.4. The van der Waals surface area contributed by atoms with E-state index >= 15 is 0 Å². The third-order valence-corrected chi connectivity index (χ3v) is 3.51. The van der Waals surface area contributed by atoms with Crippen molar-refractivity contribution in [2.24, 2.45) is 0 Å². The highest BCUT2D eigenvalue weighted by molar-refractivity contribution is 5.68. The van der Waals surface area contributed by atoms with Gasteiger partial charge in [-0.05, 0) is 37.1 Å². The predicted molar refractivity (Wildman–Crippen MR) is 84.2 cm³/mol. The molecule has 0 aliphatic carbocycles. The molecule has 6 heteroatoms. The van der Waals surface area contributed by atoms with Gasteiger partial charge in [0.05, 0.1) is 5.56 Å². The average Bonchev–Trinajstić information content (AvgIpc) is 2.53. The molecule has 0 atom stereocenters. The zero-order valence-electron chi connectivity index (χ0n) is 13.4. The third kappa shape index (κ3) is 4.75. The van der Waals surface area contributed by atoms with E-state index in [2.05, 4.69) is 5.32 Å². The zero-order chi connectivity index (χ0) is 17.8. The molecule has 0 saturated heterocycles. The SMILES string of the molecule is CC(C)(OC(=O)NCc1ccccc1)c1cccc(C(F)(F)F)c1. The van der Waals surface area contributed by atoms with Crippen LogP contribution in [0, 0.1) is 0 Å². The van der Waals surface area contributed by atoms with Gasteiger partial charge in [-0.15, -0.1) is 0 Å². The number of carbonyl (C=O) groups is 1. The maximum Gasteiger partial charge on any atom is 0.416 e. The molecule has 2 aromatic rings. The van der Waals surface area contributed by atoms with Gasteiger partial charge in [0.1, 0.15) is 5.60 Å². The van der Waals surface area contributed by atoms with E-state index in [0.29, 0.717) is 0 Å². The van der Waals surface area contributed by atoms with Crippen LogP contribution in [0.4, 0.5) is 18.0 Å². The van der Waals surface area contributed by atoms with Crippen molar-refractivity contribution in [2.45, 2.75) is 32.2 Å². The molecule has 2 rings (SSSR count). The van der Waals surface area contributed by atoms with E-state index in [1.54, 1.807) is 13.8 Å². The summed E-state index contributed by atoms with van der Waals surface area (Å²) in [6.07, 6.45) is -5.14. The molecule has 0 aliphatic heterocycles. The minimum atomic E-state index is -4.44. The number of benzene rings is 2. The Labute approximate surface area is 138 Å². The molecular weight excluding hydrogens is 319 g/mol. The highest BCUT2D eigenvalue weighted by Crippen LogP contribution is 2.33. The molecule has 0 aliphatic rings. The Balaban J connectivity index is 2.03. The predicted octanol–water partition coefficient (Wildman–Crippen LogP) is 4.87. The molecule has 0 saturated carbocycles. The van der Waals surface area contributed by atoms with Gasteiger partial charge in [0, 0.05) is 6.54 Å². The molecule has 0 bridgehead atoms. The maximum atomic E-state index is 12.8. The van der Waals surface area contributed by atoms with Crippen LogP contribution in [0.15, 0.2) is 54.6 Å². The van der Waals surface area contributed by atoms with E-state index in [1.807, 2.05) is 30.3 Å². The Morgan fingerprint density at radius 3 is 2.25 bits per heavy atom. The molecule has 0 spiro atoms. The Morgan fingerprint density at radius 2 is 1.62 bits per heavy atom.